The number of hydrogen-bond donors (Lipinski definition) is 2. The highest BCUT2D eigenvalue weighted by Crippen LogP contribution is 1.93. The summed E-state index contributed by atoms with van der Waals surface area (Å²) in [7, 11) is 1.89. The molecule has 0 aliphatic heterocycles. The largest absolute Gasteiger partial charge is 0.390 e. The second-order valence-electron chi connectivity index (χ2n) is 3.87. The highest BCUT2D eigenvalue weighted by molar-refractivity contribution is 4.83. The van der Waals surface area contributed by atoms with Crippen LogP contribution < -0.4 is 5.32 Å². The topological polar surface area (TPSA) is 80.8 Å². The monoisotopic (exact) mass is 236 g/mol. The molecule has 0 saturated carbocycles. The molecular formula is C10H16N6O. The van der Waals surface area contributed by atoms with Crippen molar-refractivity contribution in [3.8, 4) is 0 Å². The van der Waals surface area contributed by atoms with Gasteiger partial charge in [0.15, 0.2) is 0 Å². The predicted molar refractivity (Wildman–Crippen MR) is 60.9 cm³/mol. The Morgan fingerprint density at radius 1 is 1.53 bits per heavy atom. The normalized spacial score (nSPS) is 12.8. The van der Waals surface area contributed by atoms with Crippen LogP contribution in [0.5, 0.6) is 0 Å². The zero-order valence-electron chi connectivity index (χ0n) is 9.69. The van der Waals surface area contributed by atoms with Crippen LogP contribution in [0.25, 0.3) is 0 Å². The summed E-state index contributed by atoms with van der Waals surface area (Å²) in [6.45, 7) is 1.57. The molecule has 0 amide bonds. The zero-order valence-corrected chi connectivity index (χ0v) is 9.69. The first-order chi connectivity index (χ1) is 8.25. The van der Waals surface area contributed by atoms with Crippen LogP contribution in [0.4, 0.5) is 0 Å². The Morgan fingerprint density at radius 3 is 3.06 bits per heavy atom. The molecule has 0 radical (unpaired) electrons. The first kappa shape index (κ1) is 11.7. The van der Waals surface area contributed by atoms with E-state index in [4.69, 9.17) is 0 Å². The van der Waals surface area contributed by atoms with E-state index in [1.807, 2.05) is 23.9 Å². The maximum absolute atomic E-state index is 9.75. The van der Waals surface area contributed by atoms with Gasteiger partial charge in [-0.05, 0) is 6.07 Å². The molecule has 17 heavy (non-hydrogen) atoms. The summed E-state index contributed by atoms with van der Waals surface area (Å²) in [5.74, 6) is 0.844. The molecule has 1 unspecified atom stereocenters. The van der Waals surface area contributed by atoms with Gasteiger partial charge in [0, 0.05) is 26.0 Å². The first-order valence-corrected chi connectivity index (χ1v) is 5.45. The van der Waals surface area contributed by atoms with Gasteiger partial charge in [0.1, 0.15) is 12.2 Å². The van der Waals surface area contributed by atoms with Gasteiger partial charge in [0.25, 0.3) is 0 Å². The number of aliphatic hydroxyl groups is 1. The molecule has 0 fully saturated rings. The van der Waals surface area contributed by atoms with Crippen LogP contribution in [0.3, 0.4) is 0 Å². The van der Waals surface area contributed by atoms with E-state index in [1.54, 1.807) is 17.2 Å². The van der Waals surface area contributed by atoms with Crippen molar-refractivity contribution in [2.45, 2.75) is 19.2 Å². The van der Waals surface area contributed by atoms with E-state index < -0.39 is 6.10 Å². The van der Waals surface area contributed by atoms with Crippen molar-refractivity contribution in [3.63, 3.8) is 0 Å². The molecule has 0 aromatic carbocycles. The van der Waals surface area contributed by atoms with Gasteiger partial charge in [0.05, 0.1) is 19.2 Å². The quantitative estimate of drug-likeness (QED) is 0.683. The molecule has 2 rings (SSSR count). The van der Waals surface area contributed by atoms with Crippen molar-refractivity contribution in [1.29, 1.82) is 0 Å². The molecule has 2 aromatic rings. The van der Waals surface area contributed by atoms with Crippen molar-refractivity contribution < 1.29 is 5.11 Å². The van der Waals surface area contributed by atoms with Gasteiger partial charge in [-0.2, -0.15) is 5.10 Å². The average Bonchev–Trinajstić information content (AvgIpc) is 2.91. The highest BCUT2D eigenvalue weighted by Gasteiger charge is 2.06. The number of aryl methyl sites for hydroxylation is 1. The van der Waals surface area contributed by atoms with E-state index in [0.717, 1.165) is 5.82 Å². The van der Waals surface area contributed by atoms with E-state index in [9.17, 15) is 5.11 Å². The molecule has 1 atom stereocenters. The lowest BCUT2D eigenvalue weighted by Crippen LogP contribution is -2.30. The van der Waals surface area contributed by atoms with E-state index >= 15 is 0 Å². The summed E-state index contributed by atoms with van der Waals surface area (Å²) in [5.41, 5.74) is 0. The maximum Gasteiger partial charge on any atom is 0.146 e. The van der Waals surface area contributed by atoms with E-state index in [1.165, 1.54) is 0 Å². The Kier molecular flexibility index (Phi) is 3.84. The maximum atomic E-state index is 9.75. The third-order valence-electron chi connectivity index (χ3n) is 2.43. The standard InChI is InChI=1S/C10H16N6O/c1-15-8-12-14-10(15)6-11-5-9(17)7-16-4-2-3-13-16/h2-4,8-9,11,17H,5-7H2,1H3. The first-order valence-electron chi connectivity index (χ1n) is 5.45. The van der Waals surface area contributed by atoms with Crippen LogP contribution in [0, 0.1) is 0 Å². The number of aromatic nitrogens is 5. The molecule has 7 nitrogen and oxygen atoms in total. The van der Waals surface area contributed by atoms with Gasteiger partial charge < -0.3 is 15.0 Å². The molecular weight excluding hydrogens is 220 g/mol. The third-order valence-corrected chi connectivity index (χ3v) is 2.43. The summed E-state index contributed by atoms with van der Waals surface area (Å²) in [4.78, 5) is 0. The lowest BCUT2D eigenvalue weighted by atomic mass is 10.3. The van der Waals surface area contributed by atoms with Gasteiger partial charge in [-0.15, -0.1) is 10.2 Å². The second-order valence-corrected chi connectivity index (χ2v) is 3.87. The van der Waals surface area contributed by atoms with Crippen LogP contribution in [0.15, 0.2) is 24.8 Å². The molecule has 2 aromatic heterocycles. The number of nitrogens with one attached hydrogen (secondary N) is 1. The van der Waals surface area contributed by atoms with Gasteiger partial charge in [-0.25, -0.2) is 0 Å². The fourth-order valence-electron chi connectivity index (χ4n) is 1.51. The van der Waals surface area contributed by atoms with Crippen molar-refractivity contribution in [2.24, 2.45) is 7.05 Å². The Morgan fingerprint density at radius 2 is 2.41 bits per heavy atom. The molecule has 2 N–H and O–H groups in total. The summed E-state index contributed by atoms with van der Waals surface area (Å²) in [6.07, 6.45) is 4.70. The number of hydrogen-bond acceptors (Lipinski definition) is 5. The number of nitrogens with zero attached hydrogens (tertiary/aromatic N) is 5. The Hall–Kier alpha value is -1.73. The molecule has 0 spiro atoms. The molecule has 0 aliphatic carbocycles. The van der Waals surface area contributed by atoms with Crippen LogP contribution in [0.2, 0.25) is 0 Å². The van der Waals surface area contributed by atoms with Crippen LogP contribution in [-0.4, -0.2) is 42.3 Å². The Labute approximate surface area is 99.1 Å². The van der Waals surface area contributed by atoms with Gasteiger partial charge in [-0.1, -0.05) is 0 Å². The van der Waals surface area contributed by atoms with E-state index in [-0.39, 0.29) is 0 Å². The van der Waals surface area contributed by atoms with Crippen molar-refractivity contribution in [1.82, 2.24) is 29.9 Å². The molecule has 0 aliphatic rings. The zero-order chi connectivity index (χ0) is 12.1. The molecule has 2 heterocycles. The fraction of sp³-hybridized carbons (Fsp3) is 0.500. The number of aliphatic hydroxyl groups excluding tert-OH is 1. The summed E-state index contributed by atoms with van der Waals surface area (Å²) in [6, 6.07) is 1.83. The van der Waals surface area contributed by atoms with Gasteiger partial charge in [-0.3, -0.25) is 4.68 Å². The highest BCUT2D eigenvalue weighted by atomic mass is 16.3. The van der Waals surface area contributed by atoms with Crippen molar-refractivity contribution in [2.75, 3.05) is 6.54 Å². The molecule has 7 heteroatoms. The SMILES string of the molecule is Cn1cnnc1CNCC(O)Cn1cccn1. The third kappa shape index (κ3) is 3.36. The van der Waals surface area contributed by atoms with Crippen molar-refractivity contribution in [3.05, 3.63) is 30.6 Å². The fourth-order valence-corrected chi connectivity index (χ4v) is 1.51. The summed E-state index contributed by atoms with van der Waals surface area (Å²) >= 11 is 0. The molecule has 92 valence electrons. The minimum Gasteiger partial charge on any atom is -0.390 e. The Balaban J connectivity index is 1.70. The summed E-state index contributed by atoms with van der Waals surface area (Å²) in [5, 5.41) is 24.6. The van der Waals surface area contributed by atoms with Crippen LogP contribution >= 0.6 is 0 Å². The van der Waals surface area contributed by atoms with E-state index in [2.05, 4.69) is 20.6 Å². The second kappa shape index (κ2) is 5.55. The van der Waals surface area contributed by atoms with Gasteiger partial charge >= 0.3 is 0 Å². The van der Waals surface area contributed by atoms with Crippen molar-refractivity contribution >= 4 is 0 Å². The van der Waals surface area contributed by atoms with Crippen LogP contribution in [0.1, 0.15) is 5.82 Å². The summed E-state index contributed by atoms with van der Waals surface area (Å²) < 4.78 is 3.54. The van der Waals surface area contributed by atoms with E-state index in [0.29, 0.717) is 19.6 Å². The molecule has 0 bridgehead atoms. The minimum absolute atomic E-state index is 0.469. The van der Waals surface area contributed by atoms with Crippen LogP contribution in [-0.2, 0) is 20.1 Å². The predicted octanol–water partition coefficient (Wildman–Crippen LogP) is -0.838. The smallest absolute Gasteiger partial charge is 0.146 e. The Bertz CT molecular complexity index is 437. The average molecular weight is 236 g/mol. The lowest BCUT2D eigenvalue weighted by molar-refractivity contribution is 0.146. The number of rotatable bonds is 6. The molecule has 0 saturated heterocycles. The lowest BCUT2D eigenvalue weighted by Gasteiger charge is -2.11. The van der Waals surface area contributed by atoms with Gasteiger partial charge in [0.2, 0.25) is 0 Å². The minimum atomic E-state index is -0.469.